The summed E-state index contributed by atoms with van der Waals surface area (Å²) in [6.45, 7) is 3.83. The normalized spacial score (nSPS) is 11.4. The molecule has 1 amide bonds. The molecule has 0 aliphatic rings. The number of nitrogens with zero attached hydrogens (tertiary/aromatic N) is 4. The maximum Gasteiger partial charge on any atom is 0.275 e. The molecule has 0 aliphatic heterocycles. The number of benzene rings is 1. The summed E-state index contributed by atoms with van der Waals surface area (Å²) in [5, 5.41) is 7.87. The molecule has 0 unspecified atom stereocenters. The standard InChI is InChI=1S/C18H17N5O2S3/c1-3-4-15(24)19-11-5-6-13-14(7-11)28-18(21-13)26-9-12-8-16(25)23-17(20-12)27-10(2)22-23/h5-8H,3-4,9H2,1-2H3,(H,19,24). The molecule has 1 aromatic carbocycles. The number of carbonyl (C=O) groups excluding carboxylic acids is 1. The third-order valence-electron chi connectivity index (χ3n) is 3.87. The number of hydrogen-bond acceptors (Lipinski definition) is 8. The number of hydrogen-bond donors (Lipinski definition) is 1. The molecule has 1 N–H and O–H groups in total. The Morgan fingerprint density at radius 3 is 2.93 bits per heavy atom. The third kappa shape index (κ3) is 4.08. The van der Waals surface area contributed by atoms with E-state index in [1.165, 1.54) is 21.9 Å². The Kier molecular flexibility index (Phi) is 5.42. The predicted molar refractivity (Wildman–Crippen MR) is 115 cm³/mol. The SMILES string of the molecule is CCCC(=O)Nc1ccc2nc(SCc3cc(=O)n4nc(C)sc4n3)sc2c1. The Bertz CT molecular complexity index is 1230. The van der Waals surface area contributed by atoms with E-state index in [0.717, 1.165) is 31.7 Å². The number of aryl methyl sites for hydroxylation is 1. The van der Waals surface area contributed by atoms with Gasteiger partial charge in [-0.25, -0.2) is 9.97 Å². The maximum absolute atomic E-state index is 12.1. The van der Waals surface area contributed by atoms with Crippen LogP contribution in [0.15, 0.2) is 33.4 Å². The summed E-state index contributed by atoms with van der Waals surface area (Å²) < 4.78 is 3.24. The van der Waals surface area contributed by atoms with Gasteiger partial charge in [0.25, 0.3) is 5.56 Å². The van der Waals surface area contributed by atoms with E-state index < -0.39 is 0 Å². The minimum atomic E-state index is -0.165. The zero-order chi connectivity index (χ0) is 19.7. The fourth-order valence-electron chi connectivity index (χ4n) is 2.66. The molecule has 3 aromatic heterocycles. The van der Waals surface area contributed by atoms with Crippen LogP contribution in [-0.4, -0.2) is 25.5 Å². The van der Waals surface area contributed by atoms with Gasteiger partial charge in [-0.3, -0.25) is 9.59 Å². The zero-order valence-electron chi connectivity index (χ0n) is 15.3. The Balaban J connectivity index is 1.50. The van der Waals surface area contributed by atoms with Crippen LogP contribution in [0.5, 0.6) is 0 Å². The predicted octanol–water partition coefficient (Wildman–Crippen LogP) is 4.10. The molecule has 4 aromatic rings. The van der Waals surface area contributed by atoms with Crippen molar-refractivity contribution in [3.8, 4) is 0 Å². The van der Waals surface area contributed by atoms with E-state index in [0.29, 0.717) is 22.8 Å². The van der Waals surface area contributed by atoms with Crippen LogP contribution >= 0.6 is 34.4 Å². The molecular formula is C18H17N5O2S3. The highest BCUT2D eigenvalue weighted by Gasteiger charge is 2.10. The van der Waals surface area contributed by atoms with E-state index in [4.69, 9.17) is 0 Å². The van der Waals surface area contributed by atoms with Gasteiger partial charge in [0.15, 0.2) is 4.34 Å². The molecule has 144 valence electrons. The van der Waals surface area contributed by atoms with Crippen molar-refractivity contribution in [2.75, 3.05) is 5.32 Å². The summed E-state index contributed by atoms with van der Waals surface area (Å²) in [5.74, 6) is 0.579. The lowest BCUT2D eigenvalue weighted by Crippen LogP contribution is -2.15. The van der Waals surface area contributed by atoms with Gasteiger partial charge in [0.2, 0.25) is 10.9 Å². The number of rotatable bonds is 6. The van der Waals surface area contributed by atoms with Crippen LogP contribution in [-0.2, 0) is 10.5 Å². The van der Waals surface area contributed by atoms with Crippen LogP contribution in [0.4, 0.5) is 5.69 Å². The minimum Gasteiger partial charge on any atom is -0.326 e. The number of anilines is 1. The van der Waals surface area contributed by atoms with Crippen LogP contribution in [0, 0.1) is 6.92 Å². The second kappa shape index (κ2) is 7.98. The summed E-state index contributed by atoms with van der Waals surface area (Å²) in [7, 11) is 0. The molecule has 0 fully saturated rings. The van der Waals surface area contributed by atoms with Gasteiger partial charge in [0.1, 0.15) is 5.01 Å². The van der Waals surface area contributed by atoms with E-state index in [9.17, 15) is 9.59 Å². The monoisotopic (exact) mass is 431 g/mol. The second-order valence-corrected chi connectivity index (χ2v) is 9.56. The summed E-state index contributed by atoms with van der Waals surface area (Å²) in [6, 6.07) is 7.25. The molecule has 0 radical (unpaired) electrons. The van der Waals surface area contributed by atoms with E-state index in [1.54, 1.807) is 23.1 Å². The molecule has 7 nitrogen and oxygen atoms in total. The van der Waals surface area contributed by atoms with Crippen LogP contribution in [0.1, 0.15) is 30.5 Å². The largest absolute Gasteiger partial charge is 0.326 e. The van der Waals surface area contributed by atoms with Crippen molar-refractivity contribution in [2.45, 2.75) is 36.8 Å². The fourth-order valence-corrected chi connectivity index (χ4v) is 5.42. The molecule has 28 heavy (non-hydrogen) atoms. The molecule has 0 aliphatic carbocycles. The highest BCUT2D eigenvalue weighted by atomic mass is 32.2. The van der Waals surface area contributed by atoms with E-state index in [-0.39, 0.29) is 11.5 Å². The van der Waals surface area contributed by atoms with Crippen molar-refractivity contribution >= 4 is 61.2 Å². The first-order chi connectivity index (χ1) is 13.5. The second-order valence-electron chi connectivity index (χ2n) is 6.15. The van der Waals surface area contributed by atoms with Gasteiger partial charge in [-0.05, 0) is 31.5 Å². The molecule has 4 rings (SSSR count). The van der Waals surface area contributed by atoms with Gasteiger partial charge < -0.3 is 5.32 Å². The van der Waals surface area contributed by atoms with Gasteiger partial charge in [-0.1, -0.05) is 30.0 Å². The lowest BCUT2D eigenvalue weighted by atomic mass is 10.2. The summed E-state index contributed by atoms with van der Waals surface area (Å²) in [5.41, 5.74) is 2.22. The Hall–Kier alpha value is -2.30. The molecule has 10 heteroatoms. The molecule has 0 bridgehead atoms. The lowest BCUT2D eigenvalue weighted by Gasteiger charge is -2.03. The minimum absolute atomic E-state index is 0.0204. The van der Waals surface area contributed by atoms with Crippen molar-refractivity contribution in [1.29, 1.82) is 0 Å². The van der Waals surface area contributed by atoms with Crippen molar-refractivity contribution in [1.82, 2.24) is 19.6 Å². The van der Waals surface area contributed by atoms with Gasteiger partial charge in [-0.15, -0.1) is 11.3 Å². The van der Waals surface area contributed by atoms with Crippen molar-refractivity contribution < 1.29 is 4.79 Å². The van der Waals surface area contributed by atoms with Gasteiger partial charge in [0, 0.05) is 23.9 Å². The first-order valence-electron chi connectivity index (χ1n) is 8.71. The van der Waals surface area contributed by atoms with Gasteiger partial charge in [-0.2, -0.15) is 9.61 Å². The van der Waals surface area contributed by atoms with E-state index >= 15 is 0 Å². The van der Waals surface area contributed by atoms with Gasteiger partial charge in [0.05, 0.1) is 15.9 Å². The molecular weight excluding hydrogens is 414 g/mol. The average molecular weight is 432 g/mol. The zero-order valence-corrected chi connectivity index (χ0v) is 17.7. The molecule has 0 saturated carbocycles. The molecule has 0 saturated heterocycles. The number of amides is 1. The van der Waals surface area contributed by atoms with Crippen molar-refractivity contribution in [3.05, 3.63) is 45.3 Å². The summed E-state index contributed by atoms with van der Waals surface area (Å²) >= 11 is 4.51. The Labute approximate surface area is 172 Å². The maximum atomic E-state index is 12.1. The first-order valence-corrected chi connectivity index (χ1v) is 11.3. The smallest absolute Gasteiger partial charge is 0.275 e. The number of aromatic nitrogens is 4. The number of fused-ring (bicyclic) bond motifs is 2. The summed E-state index contributed by atoms with van der Waals surface area (Å²) in [4.78, 5) is 33.7. The molecule has 3 heterocycles. The third-order valence-corrected chi connectivity index (χ3v) is 6.89. The highest BCUT2D eigenvalue weighted by molar-refractivity contribution is 8.00. The first kappa shape index (κ1) is 19.0. The quantitative estimate of drug-likeness (QED) is 0.462. The van der Waals surface area contributed by atoms with Crippen LogP contribution in [0.3, 0.4) is 0 Å². The van der Waals surface area contributed by atoms with Crippen molar-refractivity contribution in [2.24, 2.45) is 0 Å². The molecule has 0 atom stereocenters. The van der Waals surface area contributed by atoms with E-state index in [2.05, 4.69) is 20.4 Å². The van der Waals surface area contributed by atoms with Crippen LogP contribution < -0.4 is 10.9 Å². The molecule has 0 spiro atoms. The van der Waals surface area contributed by atoms with Gasteiger partial charge >= 0.3 is 0 Å². The fraction of sp³-hybridized carbons (Fsp3) is 0.278. The number of thiazole rings is 1. The number of carbonyl (C=O) groups is 1. The topological polar surface area (TPSA) is 89.2 Å². The summed E-state index contributed by atoms with van der Waals surface area (Å²) in [6.07, 6.45) is 1.33. The van der Waals surface area contributed by atoms with E-state index in [1.807, 2.05) is 32.0 Å². The number of nitrogens with one attached hydrogen (secondary N) is 1. The number of thioether (sulfide) groups is 1. The van der Waals surface area contributed by atoms with Crippen molar-refractivity contribution in [3.63, 3.8) is 0 Å². The average Bonchev–Trinajstić information content (AvgIpc) is 3.22. The van der Waals surface area contributed by atoms with Crippen LogP contribution in [0.25, 0.3) is 15.2 Å². The van der Waals surface area contributed by atoms with Crippen LogP contribution in [0.2, 0.25) is 0 Å². The Morgan fingerprint density at radius 1 is 1.25 bits per heavy atom. The Morgan fingerprint density at radius 2 is 2.11 bits per heavy atom. The lowest BCUT2D eigenvalue weighted by molar-refractivity contribution is -0.116. The highest BCUT2D eigenvalue weighted by Crippen LogP contribution is 2.32.